The molecule has 2 aliphatic heterocycles. The molecule has 1 amide bonds. The number of ether oxygens (including phenoxy) is 1. The summed E-state index contributed by atoms with van der Waals surface area (Å²) < 4.78 is 5.02. The van der Waals surface area contributed by atoms with Crippen LogP contribution in [-0.4, -0.2) is 54.2 Å². The summed E-state index contributed by atoms with van der Waals surface area (Å²) in [5.74, 6) is 1.83. The number of carbonyl (C=O) groups excluding carboxylic acids is 1. The SMILES string of the molecule is CCOC(=O)N1CCC(NC2=NCC(C)CS2)CC1. The van der Waals surface area contributed by atoms with E-state index in [0.29, 0.717) is 18.6 Å². The van der Waals surface area contributed by atoms with Crippen molar-refractivity contribution in [1.29, 1.82) is 0 Å². The summed E-state index contributed by atoms with van der Waals surface area (Å²) in [6.07, 6.45) is 1.75. The first-order valence-electron chi connectivity index (χ1n) is 7.04. The lowest BCUT2D eigenvalue weighted by Crippen LogP contribution is -2.46. The van der Waals surface area contributed by atoms with E-state index in [0.717, 1.165) is 43.4 Å². The van der Waals surface area contributed by atoms with Crippen molar-refractivity contribution in [3.05, 3.63) is 0 Å². The highest BCUT2D eigenvalue weighted by molar-refractivity contribution is 8.13. The molecule has 0 aromatic carbocycles. The number of thioether (sulfide) groups is 1. The molecule has 5 nitrogen and oxygen atoms in total. The number of carbonyl (C=O) groups is 1. The van der Waals surface area contributed by atoms with Gasteiger partial charge in [0, 0.05) is 31.4 Å². The first-order chi connectivity index (χ1) is 9.19. The third-order valence-electron chi connectivity index (χ3n) is 3.40. The van der Waals surface area contributed by atoms with E-state index < -0.39 is 0 Å². The van der Waals surface area contributed by atoms with Crippen LogP contribution in [0.3, 0.4) is 0 Å². The first kappa shape index (κ1) is 14.5. The van der Waals surface area contributed by atoms with Crippen LogP contribution in [0.2, 0.25) is 0 Å². The van der Waals surface area contributed by atoms with Crippen LogP contribution in [0.1, 0.15) is 26.7 Å². The zero-order valence-electron chi connectivity index (χ0n) is 11.7. The summed E-state index contributed by atoms with van der Waals surface area (Å²) >= 11 is 1.81. The Kier molecular flexibility index (Phi) is 5.36. The average Bonchev–Trinajstić information content (AvgIpc) is 2.42. The van der Waals surface area contributed by atoms with Gasteiger partial charge in [-0.15, -0.1) is 0 Å². The number of amides is 1. The minimum absolute atomic E-state index is 0.181. The molecule has 1 saturated heterocycles. The molecule has 2 heterocycles. The minimum atomic E-state index is -0.181. The van der Waals surface area contributed by atoms with Crippen LogP contribution in [0.4, 0.5) is 4.79 Å². The van der Waals surface area contributed by atoms with E-state index in [2.05, 4.69) is 17.2 Å². The molecular weight excluding hydrogens is 262 g/mol. The maximum atomic E-state index is 11.6. The van der Waals surface area contributed by atoms with Gasteiger partial charge in [-0.1, -0.05) is 18.7 Å². The third-order valence-corrected chi connectivity index (χ3v) is 4.66. The Morgan fingerprint density at radius 2 is 2.26 bits per heavy atom. The topological polar surface area (TPSA) is 53.9 Å². The number of amidine groups is 1. The molecule has 2 rings (SSSR count). The summed E-state index contributed by atoms with van der Waals surface area (Å²) in [4.78, 5) is 17.9. The second kappa shape index (κ2) is 7.03. The van der Waals surface area contributed by atoms with E-state index in [9.17, 15) is 4.79 Å². The van der Waals surface area contributed by atoms with Gasteiger partial charge in [-0.25, -0.2) is 4.79 Å². The lowest BCUT2D eigenvalue weighted by atomic mass is 10.1. The number of piperidine rings is 1. The number of hydrogen-bond donors (Lipinski definition) is 1. The molecule has 108 valence electrons. The van der Waals surface area contributed by atoms with E-state index in [1.165, 1.54) is 0 Å². The van der Waals surface area contributed by atoms with Crippen molar-refractivity contribution in [1.82, 2.24) is 10.2 Å². The van der Waals surface area contributed by atoms with Gasteiger partial charge < -0.3 is 15.0 Å². The second-order valence-electron chi connectivity index (χ2n) is 5.17. The molecule has 19 heavy (non-hydrogen) atoms. The van der Waals surface area contributed by atoms with Crippen molar-refractivity contribution in [3.8, 4) is 0 Å². The lowest BCUT2D eigenvalue weighted by molar-refractivity contribution is 0.0964. The Morgan fingerprint density at radius 3 is 2.84 bits per heavy atom. The maximum absolute atomic E-state index is 11.6. The van der Waals surface area contributed by atoms with Gasteiger partial charge in [0.05, 0.1) is 6.61 Å². The maximum Gasteiger partial charge on any atom is 0.409 e. The van der Waals surface area contributed by atoms with Crippen molar-refractivity contribution in [3.63, 3.8) is 0 Å². The lowest BCUT2D eigenvalue weighted by Gasteiger charge is -2.32. The third kappa shape index (κ3) is 4.30. The average molecular weight is 285 g/mol. The number of nitrogens with zero attached hydrogens (tertiary/aromatic N) is 2. The Bertz CT molecular complexity index is 341. The molecule has 0 aromatic rings. The summed E-state index contributed by atoms with van der Waals surface area (Å²) in [5, 5.41) is 4.58. The highest BCUT2D eigenvalue weighted by Crippen LogP contribution is 2.18. The van der Waals surface area contributed by atoms with Crippen molar-refractivity contribution in [2.24, 2.45) is 10.9 Å². The van der Waals surface area contributed by atoms with Gasteiger partial charge in [0.15, 0.2) is 5.17 Å². The number of likely N-dealkylation sites (tertiary alicyclic amines) is 1. The Morgan fingerprint density at radius 1 is 1.53 bits per heavy atom. The van der Waals surface area contributed by atoms with Crippen LogP contribution < -0.4 is 5.32 Å². The van der Waals surface area contributed by atoms with Crippen LogP contribution in [0, 0.1) is 5.92 Å². The van der Waals surface area contributed by atoms with E-state index in [1.54, 1.807) is 4.90 Å². The van der Waals surface area contributed by atoms with Crippen LogP contribution in [0.5, 0.6) is 0 Å². The molecule has 0 spiro atoms. The number of hydrogen-bond acceptors (Lipinski definition) is 5. The molecule has 2 aliphatic rings. The number of rotatable bonds is 2. The summed E-state index contributed by atoms with van der Waals surface area (Å²) in [5.41, 5.74) is 0. The summed E-state index contributed by atoms with van der Waals surface area (Å²) in [6.45, 7) is 6.98. The van der Waals surface area contributed by atoms with Crippen molar-refractivity contribution in [2.45, 2.75) is 32.7 Å². The van der Waals surface area contributed by atoms with Gasteiger partial charge in [-0.3, -0.25) is 4.99 Å². The molecular formula is C13H23N3O2S. The predicted octanol–water partition coefficient (Wildman–Crippen LogP) is 1.94. The molecule has 0 bridgehead atoms. The molecule has 6 heteroatoms. The molecule has 1 unspecified atom stereocenters. The highest BCUT2D eigenvalue weighted by Gasteiger charge is 2.24. The van der Waals surface area contributed by atoms with Gasteiger partial charge in [0.1, 0.15) is 0 Å². The molecule has 1 fully saturated rings. The Balaban J connectivity index is 1.73. The van der Waals surface area contributed by atoms with Crippen molar-refractivity contribution >= 4 is 23.0 Å². The normalized spacial score (nSPS) is 24.8. The van der Waals surface area contributed by atoms with Crippen LogP contribution in [0.15, 0.2) is 4.99 Å². The fourth-order valence-electron chi connectivity index (χ4n) is 2.24. The predicted molar refractivity (Wildman–Crippen MR) is 78.7 cm³/mol. The fourth-order valence-corrected chi connectivity index (χ4v) is 3.21. The van der Waals surface area contributed by atoms with Crippen LogP contribution >= 0.6 is 11.8 Å². The smallest absolute Gasteiger partial charge is 0.409 e. The van der Waals surface area contributed by atoms with Gasteiger partial charge in [0.25, 0.3) is 0 Å². The molecule has 0 aromatic heterocycles. The summed E-state index contributed by atoms with van der Waals surface area (Å²) in [7, 11) is 0. The molecule has 1 atom stereocenters. The Hall–Kier alpha value is -0.910. The zero-order chi connectivity index (χ0) is 13.7. The minimum Gasteiger partial charge on any atom is -0.450 e. The molecule has 1 N–H and O–H groups in total. The Labute approximate surface area is 119 Å². The molecule has 0 saturated carbocycles. The number of nitrogens with one attached hydrogen (secondary N) is 1. The van der Waals surface area contributed by atoms with E-state index in [1.807, 2.05) is 18.7 Å². The van der Waals surface area contributed by atoms with Gasteiger partial charge in [0.2, 0.25) is 0 Å². The highest BCUT2D eigenvalue weighted by atomic mass is 32.2. The molecule has 0 radical (unpaired) electrons. The van der Waals surface area contributed by atoms with Gasteiger partial charge >= 0.3 is 6.09 Å². The monoisotopic (exact) mass is 285 g/mol. The number of aliphatic imine (C=N–C) groups is 1. The fraction of sp³-hybridized carbons (Fsp3) is 0.846. The standard InChI is InChI=1S/C13H23N3O2S/c1-3-18-13(17)16-6-4-11(5-7-16)15-12-14-8-10(2)9-19-12/h10-11H,3-9H2,1-2H3,(H,14,15). The first-order valence-corrected chi connectivity index (χ1v) is 8.03. The van der Waals surface area contributed by atoms with Crippen molar-refractivity contribution in [2.75, 3.05) is 32.0 Å². The van der Waals surface area contributed by atoms with Gasteiger partial charge in [-0.05, 0) is 25.7 Å². The van der Waals surface area contributed by atoms with E-state index >= 15 is 0 Å². The van der Waals surface area contributed by atoms with Crippen LogP contribution in [-0.2, 0) is 4.74 Å². The zero-order valence-corrected chi connectivity index (χ0v) is 12.5. The second-order valence-corrected chi connectivity index (χ2v) is 6.18. The largest absolute Gasteiger partial charge is 0.450 e. The van der Waals surface area contributed by atoms with Crippen molar-refractivity contribution < 1.29 is 9.53 Å². The van der Waals surface area contributed by atoms with E-state index in [-0.39, 0.29) is 6.09 Å². The van der Waals surface area contributed by atoms with Gasteiger partial charge in [-0.2, -0.15) is 0 Å². The molecule has 0 aliphatic carbocycles. The van der Waals surface area contributed by atoms with E-state index in [4.69, 9.17) is 4.74 Å². The quantitative estimate of drug-likeness (QED) is 0.842. The van der Waals surface area contributed by atoms with Crippen LogP contribution in [0.25, 0.3) is 0 Å². The summed E-state index contributed by atoms with van der Waals surface area (Å²) in [6, 6.07) is 0.435.